The molecule has 0 N–H and O–H groups in total. The Labute approximate surface area is 109 Å². The van der Waals surface area contributed by atoms with Crippen LogP contribution >= 0.6 is 45.3 Å². The van der Waals surface area contributed by atoms with Crippen LogP contribution in [0.25, 0.3) is 28.2 Å². The molecule has 0 atom stereocenters. The molecule has 0 aliphatic carbocycles. The van der Waals surface area contributed by atoms with Gasteiger partial charge in [0, 0.05) is 20.5 Å². The van der Waals surface area contributed by atoms with Crippen molar-refractivity contribution in [3.05, 3.63) is 21.9 Å². The van der Waals surface area contributed by atoms with Crippen LogP contribution in [-0.4, -0.2) is 0 Å². The van der Waals surface area contributed by atoms with Crippen LogP contribution in [-0.2, 0) is 0 Å². The molecule has 0 spiro atoms. The van der Waals surface area contributed by atoms with Crippen molar-refractivity contribution in [3.63, 3.8) is 0 Å². The maximum Gasteiger partial charge on any atom is 0.0889 e. The number of aryl methyl sites for hydroxylation is 2. The molecule has 0 unspecified atom stereocenters. The molecular weight excluding hydrogens is 272 g/mol. The van der Waals surface area contributed by atoms with Crippen LogP contribution in [0.5, 0.6) is 0 Å². The first-order chi connectivity index (χ1) is 7.72. The minimum Gasteiger partial charge on any atom is -0.130 e. The molecule has 16 heavy (non-hydrogen) atoms. The molecule has 4 rings (SSSR count). The lowest BCUT2D eigenvalue weighted by Gasteiger charge is -1.78. The predicted octanol–water partition coefficient (Wildman–Crippen LogP) is 6.01. The quantitative estimate of drug-likeness (QED) is 0.370. The molecule has 0 saturated heterocycles. The molecule has 0 bridgehead atoms. The third-order valence-corrected chi connectivity index (χ3v) is 7.61. The Morgan fingerprint density at radius 2 is 1.12 bits per heavy atom. The lowest BCUT2D eigenvalue weighted by Crippen LogP contribution is -1.53. The second kappa shape index (κ2) is 3.07. The third-order valence-electron chi connectivity index (χ3n) is 2.73. The van der Waals surface area contributed by atoms with Gasteiger partial charge < -0.3 is 0 Å². The standard InChI is InChI=1S/C12H8S4/c1-5-3-7-9-10(15-11(7)13-5)8-4-6(2)14-12(8)16-9/h3-4H,1-2H3. The number of thiophene rings is 4. The second-order valence-electron chi connectivity index (χ2n) is 3.98. The number of hydrogen-bond acceptors (Lipinski definition) is 4. The van der Waals surface area contributed by atoms with E-state index in [0.717, 1.165) is 0 Å². The molecular formula is C12H8S4. The van der Waals surface area contributed by atoms with Crippen molar-refractivity contribution >= 4 is 73.5 Å². The largest absolute Gasteiger partial charge is 0.130 e. The van der Waals surface area contributed by atoms with Crippen LogP contribution in [0.1, 0.15) is 9.75 Å². The zero-order chi connectivity index (χ0) is 10.9. The van der Waals surface area contributed by atoms with E-state index in [9.17, 15) is 0 Å². The summed E-state index contributed by atoms with van der Waals surface area (Å²) in [6.07, 6.45) is 0. The molecule has 0 nitrogen and oxygen atoms in total. The van der Waals surface area contributed by atoms with Crippen molar-refractivity contribution in [1.29, 1.82) is 0 Å². The number of rotatable bonds is 0. The third kappa shape index (κ3) is 1.13. The summed E-state index contributed by atoms with van der Waals surface area (Å²) in [5, 5.41) is 2.96. The zero-order valence-electron chi connectivity index (χ0n) is 8.79. The molecule has 4 aromatic heterocycles. The highest BCUT2D eigenvalue weighted by Crippen LogP contribution is 2.48. The van der Waals surface area contributed by atoms with Gasteiger partial charge in [0.15, 0.2) is 0 Å². The normalized spacial score (nSPS) is 12.4. The zero-order valence-corrected chi connectivity index (χ0v) is 12.1. The molecule has 0 fully saturated rings. The van der Waals surface area contributed by atoms with E-state index in [1.165, 1.54) is 38.0 Å². The first-order valence-corrected chi connectivity index (χ1v) is 8.30. The van der Waals surface area contributed by atoms with Gasteiger partial charge in [-0.3, -0.25) is 0 Å². The van der Waals surface area contributed by atoms with Crippen LogP contribution in [0.2, 0.25) is 0 Å². The van der Waals surface area contributed by atoms with E-state index in [1.807, 2.05) is 45.3 Å². The summed E-state index contributed by atoms with van der Waals surface area (Å²) < 4.78 is 5.99. The minimum absolute atomic E-state index is 1.43. The molecule has 0 radical (unpaired) electrons. The van der Waals surface area contributed by atoms with Gasteiger partial charge >= 0.3 is 0 Å². The highest BCUT2D eigenvalue weighted by atomic mass is 32.2. The van der Waals surface area contributed by atoms with Gasteiger partial charge in [-0.2, -0.15) is 0 Å². The Morgan fingerprint density at radius 1 is 0.688 bits per heavy atom. The van der Waals surface area contributed by atoms with E-state index in [2.05, 4.69) is 26.0 Å². The lowest BCUT2D eigenvalue weighted by atomic mass is 10.3. The van der Waals surface area contributed by atoms with Gasteiger partial charge in [-0.1, -0.05) is 0 Å². The Kier molecular flexibility index (Phi) is 1.84. The highest BCUT2D eigenvalue weighted by Gasteiger charge is 2.15. The van der Waals surface area contributed by atoms with Gasteiger partial charge in [0.25, 0.3) is 0 Å². The average molecular weight is 280 g/mol. The lowest BCUT2D eigenvalue weighted by molar-refractivity contribution is 1.66. The number of fused-ring (bicyclic) bond motifs is 5. The minimum atomic E-state index is 1.43. The van der Waals surface area contributed by atoms with Crippen molar-refractivity contribution in [3.8, 4) is 0 Å². The van der Waals surface area contributed by atoms with Crippen LogP contribution in [0, 0.1) is 13.8 Å². The fourth-order valence-electron chi connectivity index (χ4n) is 2.09. The first kappa shape index (κ1) is 9.59. The van der Waals surface area contributed by atoms with Crippen molar-refractivity contribution in [2.75, 3.05) is 0 Å². The van der Waals surface area contributed by atoms with Crippen molar-refractivity contribution in [1.82, 2.24) is 0 Å². The summed E-state index contributed by atoms with van der Waals surface area (Å²) in [5.74, 6) is 0. The predicted molar refractivity (Wildman–Crippen MR) is 79.9 cm³/mol. The fraction of sp³-hybridized carbons (Fsp3) is 0.167. The Morgan fingerprint density at radius 3 is 1.56 bits per heavy atom. The van der Waals surface area contributed by atoms with E-state index in [1.54, 1.807) is 0 Å². The Bertz CT molecular complexity index is 751. The Hall–Kier alpha value is -0.420. The highest BCUT2D eigenvalue weighted by molar-refractivity contribution is 7.49. The summed E-state index contributed by atoms with van der Waals surface area (Å²) in [6, 6.07) is 4.68. The van der Waals surface area contributed by atoms with Crippen LogP contribution in [0.15, 0.2) is 12.1 Å². The summed E-state index contributed by atoms with van der Waals surface area (Å²) in [5.41, 5.74) is 0. The van der Waals surface area contributed by atoms with Crippen molar-refractivity contribution < 1.29 is 0 Å². The van der Waals surface area contributed by atoms with Crippen LogP contribution in [0.3, 0.4) is 0 Å². The Balaban J connectivity index is 2.28. The SMILES string of the molecule is Cc1cc2c(s1)sc1c3cc(C)sc3sc21. The molecule has 0 aromatic carbocycles. The average Bonchev–Trinajstić information content (AvgIpc) is 2.85. The molecule has 4 heteroatoms. The van der Waals surface area contributed by atoms with Gasteiger partial charge in [0.1, 0.15) is 0 Å². The first-order valence-electron chi connectivity index (χ1n) is 5.04. The van der Waals surface area contributed by atoms with Crippen LogP contribution < -0.4 is 0 Å². The van der Waals surface area contributed by atoms with Crippen molar-refractivity contribution in [2.45, 2.75) is 13.8 Å². The maximum atomic E-state index is 2.34. The summed E-state index contributed by atoms with van der Waals surface area (Å²) in [4.78, 5) is 2.85. The fourth-order valence-corrected chi connectivity index (χ4v) is 7.56. The summed E-state index contributed by atoms with van der Waals surface area (Å²) in [7, 11) is 0. The molecule has 0 aliphatic heterocycles. The van der Waals surface area contributed by atoms with Gasteiger partial charge in [-0.15, -0.1) is 45.3 Å². The molecule has 4 aromatic rings. The topological polar surface area (TPSA) is 0 Å². The molecule has 4 heterocycles. The molecule has 0 aliphatic rings. The smallest absolute Gasteiger partial charge is 0.0889 e. The maximum absolute atomic E-state index is 2.34. The summed E-state index contributed by atoms with van der Waals surface area (Å²) in [6.45, 7) is 4.40. The van der Waals surface area contributed by atoms with Gasteiger partial charge in [-0.05, 0) is 26.0 Å². The molecule has 80 valence electrons. The van der Waals surface area contributed by atoms with E-state index < -0.39 is 0 Å². The monoisotopic (exact) mass is 280 g/mol. The van der Waals surface area contributed by atoms with E-state index >= 15 is 0 Å². The van der Waals surface area contributed by atoms with Gasteiger partial charge in [0.05, 0.1) is 17.4 Å². The van der Waals surface area contributed by atoms with E-state index in [4.69, 9.17) is 0 Å². The number of hydrogen-bond donors (Lipinski definition) is 0. The van der Waals surface area contributed by atoms with Crippen molar-refractivity contribution in [2.24, 2.45) is 0 Å². The van der Waals surface area contributed by atoms with E-state index in [0.29, 0.717) is 0 Å². The second-order valence-corrected chi connectivity index (χ2v) is 9.05. The molecule has 0 amide bonds. The van der Waals surface area contributed by atoms with E-state index in [-0.39, 0.29) is 0 Å². The summed E-state index contributed by atoms with van der Waals surface area (Å²) >= 11 is 7.79. The van der Waals surface area contributed by atoms with Gasteiger partial charge in [-0.25, -0.2) is 0 Å². The molecule has 0 saturated carbocycles. The van der Waals surface area contributed by atoms with Crippen LogP contribution in [0.4, 0.5) is 0 Å². The van der Waals surface area contributed by atoms with Gasteiger partial charge in [0.2, 0.25) is 0 Å².